The number of ether oxygens (including phenoxy) is 1. The van der Waals surface area contributed by atoms with Crippen LogP contribution in [-0.4, -0.2) is 7.11 Å². The summed E-state index contributed by atoms with van der Waals surface area (Å²) in [5.41, 5.74) is 0.891. The van der Waals surface area contributed by atoms with Crippen LogP contribution in [0, 0.1) is 11.3 Å². The molecule has 0 aliphatic carbocycles. The third-order valence-electron chi connectivity index (χ3n) is 2.44. The van der Waals surface area contributed by atoms with Crippen molar-refractivity contribution in [2.75, 3.05) is 12.4 Å². The first-order chi connectivity index (χ1) is 8.74. The van der Waals surface area contributed by atoms with Crippen molar-refractivity contribution in [1.29, 1.82) is 5.26 Å². The lowest BCUT2D eigenvalue weighted by Crippen LogP contribution is -2.07. The SMILES string of the molecule is COc1ccc(NC(C#N)c2sccc2Br)cc1. The Hall–Kier alpha value is -1.51. The number of rotatable bonds is 4. The normalized spacial score (nSPS) is 11.6. The molecule has 0 spiro atoms. The van der Waals surface area contributed by atoms with Gasteiger partial charge in [0.2, 0.25) is 0 Å². The minimum Gasteiger partial charge on any atom is -0.497 e. The first-order valence-electron chi connectivity index (χ1n) is 5.27. The number of nitrogens with zero attached hydrogens (tertiary/aromatic N) is 1. The van der Waals surface area contributed by atoms with Gasteiger partial charge in [0.1, 0.15) is 5.75 Å². The Kier molecular flexibility index (Phi) is 4.24. The van der Waals surface area contributed by atoms with Crippen LogP contribution in [0.5, 0.6) is 5.75 Å². The molecule has 1 unspecified atom stereocenters. The Bertz CT molecular complexity index is 559. The van der Waals surface area contributed by atoms with Crippen molar-refractivity contribution in [2.24, 2.45) is 0 Å². The van der Waals surface area contributed by atoms with Crippen LogP contribution in [0.3, 0.4) is 0 Å². The van der Waals surface area contributed by atoms with Crippen molar-refractivity contribution < 1.29 is 4.74 Å². The molecule has 1 N–H and O–H groups in total. The van der Waals surface area contributed by atoms with Gasteiger partial charge in [-0.15, -0.1) is 11.3 Å². The number of nitriles is 1. The van der Waals surface area contributed by atoms with Crippen molar-refractivity contribution in [1.82, 2.24) is 0 Å². The lowest BCUT2D eigenvalue weighted by Gasteiger charge is -2.12. The molecule has 0 saturated heterocycles. The fourth-order valence-electron chi connectivity index (χ4n) is 1.52. The highest BCUT2D eigenvalue weighted by Crippen LogP contribution is 2.31. The Morgan fingerprint density at radius 2 is 2.06 bits per heavy atom. The Labute approximate surface area is 118 Å². The maximum atomic E-state index is 9.23. The molecule has 0 fully saturated rings. The van der Waals surface area contributed by atoms with Gasteiger partial charge in [0, 0.05) is 10.2 Å². The van der Waals surface area contributed by atoms with Gasteiger partial charge < -0.3 is 10.1 Å². The molecule has 0 aliphatic rings. The molecule has 1 aromatic carbocycles. The summed E-state index contributed by atoms with van der Waals surface area (Å²) in [5, 5.41) is 14.4. The van der Waals surface area contributed by atoms with Crippen molar-refractivity contribution in [2.45, 2.75) is 6.04 Å². The molecule has 0 aliphatic heterocycles. The lowest BCUT2D eigenvalue weighted by molar-refractivity contribution is 0.415. The van der Waals surface area contributed by atoms with Crippen LogP contribution in [0.1, 0.15) is 10.9 Å². The number of nitrogens with one attached hydrogen (secondary N) is 1. The maximum Gasteiger partial charge on any atom is 0.150 e. The van der Waals surface area contributed by atoms with Crippen molar-refractivity contribution >= 4 is 33.0 Å². The summed E-state index contributed by atoms with van der Waals surface area (Å²) in [6, 6.07) is 11.4. The molecule has 92 valence electrons. The molecule has 0 bridgehead atoms. The van der Waals surface area contributed by atoms with E-state index in [9.17, 15) is 5.26 Å². The van der Waals surface area contributed by atoms with E-state index in [4.69, 9.17) is 4.74 Å². The molecular formula is C13H11BrN2OS. The number of methoxy groups -OCH3 is 1. The fraction of sp³-hybridized carbons (Fsp3) is 0.154. The van der Waals surface area contributed by atoms with Crippen LogP contribution < -0.4 is 10.1 Å². The maximum absolute atomic E-state index is 9.23. The number of halogens is 1. The standard InChI is InChI=1S/C13H11BrN2OS/c1-17-10-4-2-9(3-5-10)16-12(8-15)13-11(14)6-7-18-13/h2-7,12,16H,1H3. The predicted octanol–water partition coefficient (Wildman–Crippen LogP) is 4.20. The first kappa shape index (κ1) is 12.9. The Morgan fingerprint density at radius 1 is 1.33 bits per heavy atom. The molecule has 0 radical (unpaired) electrons. The van der Waals surface area contributed by atoms with Gasteiger partial charge in [0.05, 0.1) is 18.1 Å². The molecular weight excluding hydrogens is 312 g/mol. The molecule has 3 nitrogen and oxygen atoms in total. The van der Waals surface area contributed by atoms with Crippen LogP contribution in [0.4, 0.5) is 5.69 Å². The van der Waals surface area contributed by atoms with Gasteiger partial charge in [-0.2, -0.15) is 5.26 Å². The van der Waals surface area contributed by atoms with Crippen LogP contribution in [0.2, 0.25) is 0 Å². The molecule has 5 heteroatoms. The molecule has 2 rings (SSSR count). The number of hydrogen-bond donors (Lipinski definition) is 1. The van der Waals surface area contributed by atoms with Crippen molar-refractivity contribution in [3.05, 3.63) is 45.1 Å². The summed E-state index contributed by atoms with van der Waals surface area (Å²) in [5.74, 6) is 0.798. The van der Waals surface area contributed by atoms with Gasteiger partial charge >= 0.3 is 0 Å². The summed E-state index contributed by atoms with van der Waals surface area (Å²) in [6.45, 7) is 0. The lowest BCUT2D eigenvalue weighted by atomic mass is 10.2. The molecule has 0 saturated carbocycles. The van der Waals surface area contributed by atoms with Gasteiger partial charge in [-0.05, 0) is 51.6 Å². The third kappa shape index (κ3) is 2.84. The minimum absolute atomic E-state index is 0.354. The quantitative estimate of drug-likeness (QED) is 0.917. The Balaban J connectivity index is 2.16. The van der Waals surface area contributed by atoms with Crippen LogP contribution in [0.25, 0.3) is 0 Å². The average Bonchev–Trinajstić information content (AvgIpc) is 2.83. The summed E-state index contributed by atoms with van der Waals surface area (Å²) < 4.78 is 6.05. The number of hydrogen-bond acceptors (Lipinski definition) is 4. The zero-order valence-corrected chi connectivity index (χ0v) is 12.1. The molecule has 0 amide bonds. The highest BCUT2D eigenvalue weighted by Gasteiger charge is 2.14. The molecule has 2 aromatic rings. The smallest absolute Gasteiger partial charge is 0.150 e. The van der Waals surface area contributed by atoms with E-state index in [1.165, 1.54) is 0 Å². The second-order valence-corrected chi connectivity index (χ2v) is 5.37. The summed E-state index contributed by atoms with van der Waals surface area (Å²) in [7, 11) is 1.63. The zero-order valence-electron chi connectivity index (χ0n) is 9.68. The number of anilines is 1. The average molecular weight is 323 g/mol. The minimum atomic E-state index is -0.354. The van der Waals surface area contributed by atoms with Crippen LogP contribution >= 0.6 is 27.3 Å². The van der Waals surface area contributed by atoms with Gasteiger partial charge in [0.15, 0.2) is 6.04 Å². The van der Waals surface area contributed by atoms with E-state index in [-0.39, 0.29) is 6.04 Å². The topological polar surface area (TPSA) is 45.0 Å². The van der Waals surface area contributed by atoms with E-state index < -0.39 is 0 Å². The third-order valence-corrected chi connectivity index (χ3v) is 4.37. The van der Waals surface area contributed by atoms with Crippen molar-refractivity contribution in [3.8, 4) is 11.8 Å². The zero-order chi connectivity index (χ0) is 13.0. The molecule has 18 heavy (non-hydrogen) atoms. The second kappa shape index (κ2) is 5.89. The number of thiophene rings is 1. The molecule has 1 atom stereocenters. The summed E-state index contributed by atoms with van der Waals surface area (Å²) in [4.78, 5) is 0.980. The number of benzene rings is 1. The Morgan fingerprint density at radius 3 is 2.56 bits per heavy atom. The monoisotopic (exact) mass is 322 g/mol. The molecule has 1 heterocycles. The van der Waals surface area contributed by atoms with E-state index in [1.807, 2.05) is 35.7 Å². The highest BCUT2D eigenvalue weighted by molar-refractivity contribution is 9.10. The van der Waals surface area contributed by atoms with E-state index in [2.05, 4.69) is 27.3 Å². The first-order valence-corrected chi connectivity index (χ1v) is 6.95. The highest BCUT2D eigenvalue weighted by atomic mass is 79.9. The van der Waals surface area contributed by atoms with Gasteiger partial charge in [-0.25, -0.2) is 0 Å². The molecule has 1 aromatic heterocycles. The fourth-order valence-corrected chi connectivity index (χ4v) is 3.12. The second-order valence-electron chi connectivity index (χ2n) is 3.57. The van der Waals surface area contributed by atoms with E-state index in [0.29, 0.717) is 0 Å². The van der Waals surface area contributed by atoms with Crippen LogP contribution in [-0.2, 0) is 0 Å². The summed E-state index contributed by atoms with van der Waals surface area (Å²) >= 11 is 5.00. The van der Waals surface area contributed by atoms with Crippen molar-refractivity contribution in [3.63, 3.8) is 0 Å². The largest absolute Gasteiger partial charge is 0.497 e. The van der Waals surface area contributed by atoms with E-state index in [1.54, 1.807) is 18.4 Å². The van der Waals surface area contributed by atoms with Gasteiger partial charge in [-0.3, -0.25) is 0 Å². The van der Waals surface area contributed by atoms with Gasteiger partial charge in [-0.1, -0.05) is 0 Å². The van der Waals surface area contributed by atoms with E-state index in [0.717, 1.165) is 20.8 Å². The van der Waals surface area contributed by atoms with E-state index >= 15 is 0 Å². The predicted molar refractivity (Wildman–Crippen MR) is 77.0 cm³/mol. The van der Waals surface area contributed by atoms with Gasteiger partial charge in [0.25, 0.3) is 0 Å². The van der Waals surface area contributed by atoms with Crippen LogP contribution in [0.15, 0.2) is 40.2 Å². The summed E-state index contributed by atoms with van der Waals surface area (Å²) in [6.07, 6.45) is 0.